The summed E-state index contributed by atoms with van der Waals surface area (Å²) in [5, 5.41) is 11.7. The van der Waals surface area contributed by atoms with Crippen LogP contribution in [0.3, 0.4) is 0 Å². The number of amides is 1. The Morgan fingerprint density at radius 3 is 2.67 bits per heavy atom. The number of aromatic hydroxyl groups is 1. The van der Waals surface area contributed by atoms with Crippen molar-refractivity contribution in [3.63, 3.8) is 0 Å². The summed E-state index contributed by atoms with van der Waals surface area (Å²) in [6, 6.07) is 3.57. The van der Waals surface area contributed by atoms with Gasteiger partial charge in [-0.2, -0.15) is 0 Å². The van der Waals surface area contributed by atoms with Gasteiger partial charge < -0.3 is 10.8 Å². The second-order valence-electron chi connectivity index (χ2n) is 3.60. The van der Waals surface area contributed by atoms with E-state index in [0.717, 1.165) is 12.1 Å². The molecule has 0 fully saturated rings. The third-order valence-corrected chi connectivity index (χ3v) is 2.31. The van der Waals surface area contributed by atoms with Gasteiger partial charge in [0.1, 0.15) is 11.4 Å². The predicted octanol–water partition coefficient (Wildman–Crippen LogP) is 1.12. The van der Waals surface area contributed by atoms with Crippen LogP contribution >= 0.6 is 0 Å². The third kappa shape index (κ3) is 2.29. The molecule has 0 bridgehead atoms. The van der Waals surface area contributed by atoms with E-state index in [1.807, 2.05) is 0 Å². The summed E-state index contributed by atoms with van der Waals surface area (Å²) in [4.78, 5) is 15.0. The molecule has 0 atom stereocenters. The molecule has 1 heterocycles. The van der Waals surface area contributed by atoms with E-state index >= 15 is 0 Å². The number of hydrogen-bond donors (Lipinski definition) is 3. The minimum atomic E-state index is -2.75. The Morgan fingerprint density at radius 2 is 2.17 bits per heavy atom. The topological polar surface area (TPSA) is 87.7 Å². The molecule has 0 aliphatic carbocycles. The molecule has 1 aliphatic heterocycles. The van der Waals surface area contributed by atoms with Gasteiger partial charge in [-0.3, -0.25) is 10.1 Å². The van der Waals surface area contributed by atoms with E-state index in [9.17, 15) is 18.7 Å². The Kier molecular flexibility index (Phi) is 2.97. The summed E-state index contributed by atoms with van der Waals surface area (Å²) in [5.41, 5.74) is 5.26. The van der Waals surface area contributed by atoms with E-state index in [4.69, 9.17) is 5.73 Å². The fraction of sp³-hybridized carbons (Fsp3) is 0.0909. The van der Waals surface area contributed by atoms with Crippen molar-refractivity contribution in [2.75, 3.05) is 0 Å². The van der Waals surface area contributed by atoms with Crippen molar-refractivity contribution in [1.29, 1.82) is 0 Å². The van der Waals surface area contributed by atoms with Gasteiger partial charge in [0, 0.05) is 0 Å². The first-order valence-electron chi connectivity index (χ1n) is 4.95. The van der Waals surface area contributed by atoms with Crippen LogP contribution < -0.4 is 11.1 Å². The number of nitrogens with zero attached hydrogens (tertiary/aromatic N) is 1. The summed E-state index contributed by atoms with van der Waals surface area (Å²) < 4.78 is 24.8. The van der Waals surface area contributed by atoms with Gasteiger partial charge >= 0.3 is 0 Å². The van der Waals surface area contributed by atoms with Crippen LogP contribution in [0.5, 0.6) is 5.75 Å². The maximum Gasteiger partial charge on any atom is 0.276 e. The molecule has 1 aromatic carbocycles. The molecule has 2 rings (SSSR count). The van der Waals surface area contributed by atoms with Crippen molar-refractivity contribution in [3.8, 4) is 5.75 Å². The smallest absolute Gasteiger partial charge is 0.276 e. The largest absolute Gasteiger partial charge is 0.507 e. The van der Waals surface area contributed by atoms with Gasteiger partial charge in [0.05, 0.1) is 5.56 Å². The number of aliphatic imine (C=N–C) groups is 1. The van der Waals surface area contributed by atoms with Crippen molar-refractivity contribution in [2.45, 2.75) is 6.43 Å². The molecule has 0 spiro atoms. The highest BCUT2D eigenvalue weighted by Gasteiger charge is 2.18. The van der Waals surface area contributed by atoms with Crippen LogP contribution in [0.25, 0.3) is 6.08 Å². The molecule has 4 N–H and O–H groups in total. The van der Waals surface area contributed by atoms with Crippen LogP contribution in [0.2, 0.25) is 0 Å². The maximum atomic E-state index is 12.4. The highest BCUT2D eigenvalue weighted by atomic mass is 19.3. The Morgan fingerprint density at radius 1 is 1.44 bits per heavy atom. The van der Waals surface area contributed by atoms with Crippen molar-refractivity contribution in [1.82, 2.24) is 5.32 Å². The zero-order valence-electron chi connectivity index (χ0n) is 9.02. The van der Waals surface area contributed by atoms with E-state index in [1.54, 1.807) is 0 Å². The number of hydrogen-bond acceptors (Lipinski definition) is 4. The van der Waals surface area contributed by atoms with E-state index in [-0.39, 0.29) is 11.7 Å². The summed E-state index contributed by atoms with van der Waals surface area (Å²) in [6.07, 6.45) is -1.42. The number of carbonyl (C=O) groups is 1. The number of rotatable bonds is 2. The van der Waals surface area contributed by atoms with Gasteiger partial charge in [-0.25, -0.2) is 13.8 Å². The number of carbonyl (C=O) groups excluding carboxylic acids is 1. The fourth-order valence-electron chi connectivity index (χ4n) is 1.48. The number of guanidine groups is 1. The molecule has 1 aliphatic rings. The van der Waals surface area contributed by atoms with Gasteiger partial charge in [-0.05, 0) is 23.8 Å². The number of phenols is 1. The number of phenolic OH excluding ortho intramolecular Hbond substituents is 1. The van der Waals surface area contributed by atoms with Crippen LogP contribution in [0.1, 0.15) is 17.6 Å². The first kappa shape index (κ1) is 12.0. The van der Waals surface area contributed by atoms with Crippen molar-refractivity contribution in [3.05, 3.63) is 35.0 Å². The SMILES string of the molecule is NC1=N/C(=C\c2ccc(C(F)F)c(O)c2)C(=O)N1. The average Bonchev–Trinajstić information content (AvgIpc) is 2.57. The van der Waals surface area contributed by atoms with E-state index in [2.05, 4.69) is 10.3 Å². The highest BCUT2D eigenvalue weighted by molar-refractivity contribution is 6.13. The number of alkyl halides is 2. The molecule has 0 unspecified atom stereocenters. The van der Waals surface area contributed by atoms with Gasteiger partial charge in [0.25, 0.3) is 12.3 Å². The van der Waals surface area contributed by atoms with Crippen molar-refractivity contribution < 1.29 is 18.7 Å². The molecular formula is C11H9F2N3O2. The number of halogens is 2. The summed E-state index contributed by atoms with van der Waals surface area (Å²) >= 11 is 0. The standard InChI is InChI=1S/C11H9F2N3O2/c12-9(13)6-2-1-5(4-8(6)17)3-7-10(18)16-11(14)15-7/h1-4,9,17H,(H3,14,15,16,18)/b7-3-. The molecule has 7 heteroatoms. The second-order valence-corrected chi connectivity index (χ2v) is 3.60. The van der Waals surface area contributed by atoms with E-state index in [1.165, 1.54) is 12.1 Å². The number of nitrogens with two attached hydrogens (primary N) is 1. The lowest BCUT2D eigenvalue weighted by molar-refractivity contribution is -0.115. The molecule has 0 saturated heterocycles. The fourth-order valence-corrected chi connectivity index (χ4v) is 1.48. The average molecular weight is 253 g/mol. The van der Waals surface area contributed by atoms with Crippen LogP contribution in [0.4, 0.5) is 8.78 Å². The quantitative estimate of drug-likeness (QED) is 0.690. The molecule has 1 aromatic rings. The second kappa shape index (κ2) is 4.44. The van der Waals surface area contributed by atoms with Gasteiger partial charge in [-0.1, -0.05) is 6.07 Å². The zero-order chi connectivity index (χ0) is 13.3. The van der Waals surface area contributed by atoms with E-state index < -0.39 is 23.6 Å². The van der Waals surface area contributed by atoms with Crippen molar-refractivity contribution >= 4 is 17.9 Å². The lowest BCUT2D eigenvalue weighted by Crippen LogP contribution is -2.30. The lowest BCUT2D eigenvalue weighted by Gasteiger charge is -2.04. The van der Waals surface area contributed by atoms with Crippen LogP contribution in [-0.2, 0) is 4.79 Å². The Bertz CT molecular complexity index is 567. The maximum absolute atomic E-state index is 12.4. The summed E-state index contributed by atoms with van der Waals surface area (Å²) in [5.74, 6) is -1.04. The van der Waals surface area contributed by atoms with E-state index in [0.29, 0.717) is 5.56 Å². The molecule has 0 radical (unpaired) electrons. The van der Waals surface area contributed by atoms with Gasteiger partial charge in [-0.15, -0.1) is 0 Å². The Hall–Kier alpha value is -2.44. The molecule has 94 valence electrons. The Labute approximate surface area is 101 Å². The van der Waals surface area contributed by atoms with Crippen molar-refractivity contribution in [2.24, 2.45) is 10.7 Å². The third-order valence-electron chi connectivity index (χ3n) is 2.31. The van der Waals surface area contributed by atoms with Gasteiger partial charge in [0.2, 0.25) is 5.96 Å². The summed E-state index contributed by atoms with van der Waals surface area (Å²) in [6.45, 7) is 0. The van der Waals surface area contributed by atoms with Crippen LogP contribution in [0.15, 0.2) is 28.9 Å². The highest BCUT2D eigenvalue weighted by Crippen LogP contribution is 2.29. The number of benzene rings is 1. The molecule has 0 aromatic heterocycles. The zero-order valence-corrected chi connectivity index (χ0v) is 9.02. The first-order valence-corrected chi connectivity index (χ1v) is 4.95. The van der Waals surface area contributed by atoms with Crippen LogP contribution in [0, 0.1) is 0 Å². The molecule has 1 amide bonds. The Balaban J connectivity index is 2.34. The molecular weight excluding hydrogens is 244 g/mol. The molecule has 5 nitrogen and oxygen atoms in total. The summed E-state index contributed by atoms with van der Waals surface area (Å²) in [7, 11) is 0. The molecule has 0 saturated carbocycles. The minimum absolute atomic E-state index is 0.0281. The minimum Gasteiger partial charge on any atom is -0.507 e. The van der Waals surface area contributed by atoms with Gasteiger partial charge in [0.15, 0.2) is 0 Å². The normalized spacial score (nSPS) is 17.2. The lowest BCUT2D eigenvalue weighted by atomic mass is 10.1. The predicted molar refractivity (Wildman–Crippen MR) is 60.8 cm³/mol. The first-order chi connectivity index (χ1) is 8.47. The molecule has 18 heavy (non-hydrogen) atoms. The monoisotopic (exact) mass is 253 g/mol. The number of nitrogens with one attached hydrogen (secondary N) is 1. The van der Waals surface area contributed by atoms with Crippen LogP contribution in [-0.4, -0.2) is 17.0 Å².